The zero-order chi connectivity index (χ0) is 9.68. The molecular weight excluding hydrogens is 169 g/mol. The summed E-state index contributed by atoms with van der Waals surface area (Å²) in [6, 6.07) is 6.99. The molecule has 0 aromatic heterocycles. The minimum Gasteiger partial charge on any atom is -0.394 e. The summed E-state index contributed by atoms with van der Waals surface area (Å²) >= 11 is 0. The maximum atomic E-state index is 12.0. The van der Waals surface area contributed by atoms with Crippen LogP contribution in [0.2, 0.25) is 0 Å². The zero-order valence-electron chi connectivity index (χ0n) is 7.41. The first-order valence-corrected chi connectivity index (χ1v) is 4.29. The van der Waals surface area contributed by atoms with Crippen molar-refractivity contribution < 1.29 is 9.50 Å². The summed E-state index contributed by atoms with van der Waals surface area (Å²) in [7, 11) is 0. The summed E-state index contributed by atoms with van der Waals surface area (Å²) in [5.74, 6) is 0. The molecule has 0 radical (unpaired) electrons. The molecule has 0 amide bonds. The fourth-order valence-corrected chi connectivity index (χ4v) is 1.19. The molecule has 3 heteroatoms. The van der Waals surface area contributed by atoms with Crippen LogP contribution in [0.15, 0.2) is 24.3 Å². The third kappa shape index (κ3) is 2.79. The molecule has 13 heavy (non-hydrogen) atoms. The quantitative estimate of drug-likeness (QED) is 0.736. The van der Waals surface area contributed by atoms with Gasteiger partial charge in [0, 0.05) is 6.42 Å². The number of benzene rings is 1. The van der Waals surface area contributed by atoms with E-state index in [2.05, 4.69) is 0 Å². The number of aliphatic hydroxyl groups excluding tert-OH is 1. The Morgan fingerprint density at radius 3 is 2.85 bits per heavy atom. The summed E-state index contributed by atoms with van der Waals surface area (Å²) in [5, 5.41) is 8.81. The third-order valence-electron chi connectivity index (χ3n) is 1.96. The highest BCUT2D eigenvalue weighted by molar-refractivity contribution is 5.26. The molecule has 2 nitrogen and oxygen atoms in total. The Hall–Kier alpha value is -0.930. The van der Waals surface area contributed by atoms with Crippen molar-refractivity contribution in [3.63, 3.8) is 0 Å². The highest BCUT2D eigenvalue weighted by Crippen LogP contribution is 2.12. The van der Waals surface area contributed by atoms with E-state index in [0.717, 1.165) is 11.1 Å². The summed E-state index contributed by atoms with van der Waals surface area (Å²) in [6.07, 6.45) is 0.409. The average Bonchev–Trinajstić information content (AvgIpc) is 2.18. The van der Waals surface area contributed by atoms with Crippen LogP contribution in [0.3, 0.4) is 0 Å². The number of hydrogen-bond acceptors (Lipinski definition) is 2. The van der Waals surface area contributed by atoms with Gasteiger partial charge in [0.2, 0.25) is 0 Å². The number of hydrogen-bond donors (Lipinski definition) is 2. The first-order chi connectivity index (χ1) is 6.27. The van der Waals surface area contributed by atoms with Crippen molar-refractivity contribution in [2.75, 3.05) is 13.3 Å². The Kier molecular flexibility index (Phi) is 3.86. The molecule has 0 aliphatic carbocycles. The van der Waals surface area contributed by atoms with Crippen molar-refractivity contribution in [2.45, 2.75) is 12.5 Å². The normalized spacial score (nSPS) is 12.8. The molecule has 1 rings (SSSR count). The van der Waals surface area contributed by atoms with Crippen LogP contribution in [0, 0.1) is 0 Å². The summed E-state index contributed by atoms with van der Waals surface area (Å²) in [6.45, 7) is -0.448. The first-order valence-electron chi connectivity index (χ1n) is 4.29. The van der Waals surface area contributed by atoms with Crippen LogP contribution < -0.4 is 5.73 Å². The van der Waals surface area contributed by atoms with Crippen molar-refractivity contribution >= 4 is 0 Å². The second-order valence-electron chi connectivity index (χ2n) is 2.97. The highest BCUT2D eigenvalue weighted by Gasteiger charge is 2.04. The van der Waals surface area contributed by atoms with Gasteiger partial charge in [-0.2, -0.15) is 0 Å². The van der Waals surface area contributed by atoms with Gasteiger partial charge in [-0.1, -0.05) is 24.3 Å². The minimum atomic E-state index is -0.363. The third-order valence-corrected chi connectivity index (χ3v) is 1.96. The fraction of sp³-hybridized carbons (Fsp3) is 0.400. The lowest BCUT2D eigenvalue weighted by molar-refractivity contribution is 0.268. The standard InChI is InChI=1S/C10H14FNO/c11-5-4-8-2-1-3-9(6-8)10(12)7-13/h1-3,6,10,13H,4-5,7,12H2. The smallest absolute Gasteiger partial charge is 0.0934 e. The van der Waals surface area contributed by atoms with Crippen LogP contribution in [-0.2, 0) is 6.42 Å². The molecular formula is C10H14FNO. The number of rotatable bonds is 4. The minimum absolute atomic E-state index is 0.0842. The van der Waals surface area contributed by atoms with Crippen molar-refractivity contribution in [1.29, 1.82) is 0 Å². The van der Waals surface area contributed by atoms with E-state index in [1.165, 1.54) is 0 Å². The molecule has 0 bridgehead atoms. The largest absolute Gasteiger partial charge is 0.394 e. The SMILES string of the molecule is NC(CO)c1cccc(CCF)c1. The molecule has 1 atom stereocenters. The van der Waals surface area contributed by atoms with E-state index < -0.39 is 0 Å². The second-order valence-corrected chi connectivity index (χ2v) is 2.97. The highest BCUT2D eigenvalue weighted by atomic mass is 19.1. The Morgan fingerprint density at radius 1 is 1.46 bits per heavy atom. The number of aryl methyl sites for hydroxylation is 1. The van der Waals surface area contributed by atoms with Gasteiger partial charge in [0.15, 0.2) is 0 Å². The summed E-state index contributed by atoms with van der Waals surface area (Å²) in [5.41, 5.74) is 7.39. The molecule has 0 heterocycles. The van der Waals surface area contributed by atoms with E-state index in [0.29, 0.717) is 6.42 Å². The van der Waals surface area contributed by atoms with E-state index in [1.54, 1.807) is 0 Å². The van der Waals surface area contributed by atoms with Gasteiger partial charge in [-0.05, 0) is 11.1 Å². The van der Waals surface area contributed by atoms with E-state index in [-0.39, 0.29) is 19.3 Å². The molecule has 0 spiro atoms. The lowest BCUT2D eigenvalue weighted by Gasteiger charge is -2.09. The van der Waals surface area contributed by atoms with E-state index >= 15 is 0 Å². The van der Waals surface area contributed by atoms with Gasteiger partial charge < -0.3 is 10.8 Å². The van der Waals surface area contributed by atoms with Gasteiger partial charge in [0.25, 0.3) is 0 Å². The lowest BCUT2D eigenvalue weighted by atomic mass is 10.0. The Morgan fingerprint density at radius 2 is 2.23 bits per heavy atom. The van der Waals surface area contributed by atoms with Gasteiger partial charge in [-0.15, -0.1) is 0 Å². The Balaban J connectivity index is 2.78. The van der Waals surface area contributed by atoms with Gasteiger partial charge in [0.1, 0.15) is 0 Å². The molecule has 3 N–H and O–H groups in total. The van der Waals surface area contributed by atoms with Crippen LogP contribution in [-0.4, -0.2) is 18.4 Å². The van der Waals surface area contributed by atoms with Crippen LogP contribution in [0.4, 0.5) is 4.39 Å². The summed E-state index contributed by atoms with van der Waals surface area (Å²) in [4.78, 5) is 0. The van der Waals surface area contributed by atoms with Crippen LogP contribution >= 0.6 is 0 Å². The first kappa shape index (κ1) is 10.2. The second kappa shape index (κ2) is 4.94. The van der Waals surface area contributed by atoms with E-state index in [4.69, 9.17) is 10.8 Å². The van der Waals surface area contributed by atoms with Crippen molar-refractivity contribution in [1.82, 2.24) is 0 Å². The van der Waals surface area contributed by atoms with Gasteiger partial charge in [0.05, 0.1) is 19.3 Å². The topological polar surface area (TPSA) is 46.2 Å². The van der Waals surface area contributed by atoms with Crippen molar-refractivity contribution in [3.05, 3.63) is 35.4 Å². The summed E-state index contributed by atoms with van der Waals surface area (Å²) < 4.78 is 12.0. The average molecular weight is 183 g/mol. The molecule has 0 saturated heterocycles. The molecule has 1 unspecified atom stereocenters. The van der Waals surface area contributed by atoms with Crippen LogP contribution in [0.5, 0.6) is 0 Å². The van der Waals surface area contributed by atoms with Crippen molar-refractivity contribution in [3.8, 4) is 0 Å². The van der Waals surface area contributed by atoms with E-state index in [1.807, 2.05) is 24.3 Å². The molecule has 0 saturated carbocycles. The maximum absolute atomic E-state index is 12.0. The van der Waals surface area contributed by atoms with Crippen LogP contribution in [0.25, 0.3) is 0 Å². The Labute approximate surface area is 77.2 Å². The molecule has 0 fully saturated rings. The predicted octanol–water partition coefficient (Wildman–Crippen LogP) is 1.19. The molecule has 0 aliphatic heterocycles. The van der Waals surface area contributed by atoms with Crippen LogP contribution in [0.1, 0.15) is 17.2 Å². The molecule has 1 aromatic rings. The Bertz CT molecular complexity index is 265. The van der Waals surface area contributed by atoms with Gasteiger partial charge in [-0.3, -0.25) is 4.39 Å². The molecule has 72 valence electrons. The predicted molar refractivity (Wildman–Crippen MR) is 50.1 cm³/mol. The van der Waals surface area contributed by atoms with E-state index in [9.17, 15) is 4.39 Å². The lowest BCUT2D eigenvalue weighted by Crippen LogP contribution is -2.14. The van der Waals surface area contributed by atoms with Crippen molar-refractivity contribution in [2.24, 2.45) is 5.73 Å². The number of nitrogens with two attached hydrogens (primary N) is 1. The molecule has 0 aliphatic rings. The monoisotopic (exact) mass is 183 g/mol. The van der Waals surface area contributed by atoms with Gasteiger partial charge in [-0.25, -0.2) is 0 Å². The fourth-order valence-electron chi connectivity index (χ4n) is 1.19. The number of aliphatic hydroxyl groups is 1. The van der Waals surface area contributed by atoms with Gasteiger partial charge >= 0.3 is 0 Å². The number of halogens is 1. The molecule has 1 aromatic carbocycles. The zero-order valence-corrected chi connectivity index (χ0v) is 7.41. The maximum Gasteiger partial charge on any atom is 0.0934 e. The number of alkyl halides is 1.